The lowest BCUT2D eigenvalue weighted by molar-refractivity contribution is 0.0746. The number of rotatable bonds is 6. The second kappa shape index (κ2) is 8.80. The molecule has 1 aliphatic heterocycles. The van der Waals surface area contributed by atoms with E-state index in [2.05, 4.69) is 24.8 Å². The van der Waals surface area contributed by atoms with Crippen molar-refractivity contribution < 1.29 is 14.3 Å². The third-order valence-electron chi connectivity index (χ3n) is 4.65. The van der Waals surface area contributed by atoms with E-state index in [1.807, 2.05) is 47.4 Å². The van der Waals surface area contributed by atoms with Gasteiger partial charge in [0.2, 0.25) is 0 Å². The van der Waals surface area contributed by atoms with Crippen LogP contribution >= 0.6 is 0 Å². The van der Waals surface area contributed by atoms with Gasteiger partial charge in [0.25, 0.3) is 5.91 Å². The van der Waals surface area contributed by atoms with Crippen LogP contribution < -0.4 is 14.4 Å². The highest BCUT2D eigenvalue weighted by Crippen LogP contribution is 2.23. The largest absolute Gasteiger partial charge is 0.497 e. The molecule has 144 valence electrons. The normalized spacial score (nSPS) is 14.4. The number of amides is 1. The molecule has 0 saturated carbocycles. The first-order chi connectivity index (χ1) is 13.1. The summed E-state index contributed by atoms with van der Waals surface area (Å²) >= 11 is 0. The molecule has 0 bridgehead atoms. The second-order valence-electron chi connectivity index (χ2n) is 7.21. The van der Waals surface area contributed by atoms with Gasteiger partial charge in [-0.15, -0.1) is 0 Å². The predicted octanol–water partition coefficient (Wildman–Crippen LogP) is 3.69. The molecule has 2 aromatic rings. The Morgan fingerprint density at radius 3 is 2.41 bits per heavy atom. The van der Waals surface area contributed by atoms with E-state index in [4.69, 9.17) is 9.47 Å². The van der Waals surface area contributed by atoms with Crippen LogP contribution in [-0.2, 0) is 0 Å². The number of hydrogen-bond acceptors (Lipinski definition) is 4. The summed E-state index contributed by atoms with van der Waals surface area (Å²) in [6.07, 6.45) is 0. The molecule has 0 radical (unpaired) electrons. The Bertz CT molecular complexity index is 768. The van der Waals surface area contributed by atoms with E-state index >= 15 is 0 Å². The SMILES string of the molecule is COc1cccc(N2CCN(C(=O)c3cccc(OCC(C)C)c3)CC2)c1. The Morgan fingerprint density at radius 1 is 1.00 bits per heavy atom. The average Bonchev–Trinajstić information content (AvgIpc) is 2.72. The molecule has 0 unspecified atom stereocenters. The molecule has 0 aliphatic carbocycles. The Hall–Kier alpha value is -2.69. The van der Waals surface area contributed by atoms with Crippen LogP contribution in [0.1, 0.15) is 24.2 Å². The van der Waals surface area contributed by atoms with Gasteiger partial charge < -0.3 is 19.3 Å². The Morgan fingerprint density at radius 2 is 1.70 bits per heavy atom. The zero-order chi connectivity index (χ0) is 19.2. The number of ether oxygens (including phenoxy) is 2. The van der Waals surface area contributed by atoms with Crippen molar-refractivity contribution in [3.8, 4) is 11.5 Å². The van der Waals surface area contributed by atoms with E-state index < -0.39 is 0 Å². The zero-order valence-electron chi connectivity index (χ0n) is 16.4. The second-order valence-corrected chi connectivity index (χ2v) is 7.21. The number of hydrogen-bond donors (Lipinski definition) is 0. The van der Waals surface area contributed by atoms with Gasteiger partial charge in [0, 0.05) is 43.5 Å². The van der Waals surface area contributed by atoms with Crippen LogP contribution in [0.15, 0.2) is 48.5 Å². The van der Waals surface area contributed by atoms with Gasteiger partial charge in [-0.2, -0.15) is 0 Å². The molecule has 27 heavy (non-hydrogen) atoms. The summed E-state index contributed by atoms with van der Waals surface area (Å²) in [6.45, 7) is 7.88. The topological polar surface area (TPSA) is 42.0 Å². The van der Waals surface area contributed by atoms with Crippen molar-refractivity contribution in [2.75, 3.05) is 44.8 Å². The smallest absolute Gasteiger partial charge is 0.254 e. The van der Waals surface area contributed by atoms with E-state index in [-0.39, 0.29) is 5.91 Å². The maximum Gasteiger partial charge on any atom is 0.254 e. The lowest BCUT2D eigenvalue weighted by Gasteiger charge is -2.36. The number of piperazine rings is 1. The molecule has 0 aromatic heterocycles. The monoisotopic (exact) mass is 368 g/mol. The standard InChI is InChI=1S/C22H28N2O3/c1-17(2)16-27-21-9-4-6-18(14-21)22(25)24-12-10-23(11-13-24)19-7-5-8-20(15-19)26-3/h4-9,14-15,17H,10-13,16H2,1-3H3. The first kappa shape index (κ1) is 19.1. The van der Waals surface area contributed by atoms with Gasteiger partial charge in [-0.25, -0.2) is 0 Å². The molecule has 0 N–H and O–H groups in total. The van der Waals surface area contributed by atoms with Crippen LogP contribution in [0.5, 0.6) is 11.5 Å². The van der Waals surface area contributed by atoms with E-state index in [1.54, 1.807) is 7.11 Å². The van der Waals surface area contributed by atoms with Gasteiger partial charge in [0.1, 0.15) is 11.5 Å². The molecule has 0 spiro atoms. The number of carbonyl (C=O) groups is 1. The van der Waals surface area contributed by atoms with Gasteiger partial charge in [0.15, 0.2) is 0 Å². The summed E-state index contributed by atoms with van der Waals surface area (Å²) in [7, 11) is 1.68. The number of carbonyl (C=O) groups excluding carboxylic acids is 1. The minimum absolute atomic E-state index is 0.0651. The summed E-state index contributed by atoms with van der Waals surface area (Å²) in [5.41, 5.74) is 1.82. The van der Waals surface area contributed by atoms with Gasteiger partial charge in [-0.05, 0) is 36.2 Å². The lowest BCUT2D eigenvalue weighted by atomic mass is 10.1. The Balaban J connectivity index is 1.60. The Labute approximate surface area is 161 Å². The van der Waals surface area contributed by atoms with Crippen molar-refractivity contribution >= 4 is 11.6 Å². The van der Waals surface area contributed by atoms with Crippen LogP contribution in [0.25, 0.3) is 0 Å². The third-order valence-corrected chi connectivity index (χ3v) is 4.65. The molecule has 1 fully saturated rings. The minimum Gasteiger partial charge on any atom is -0.497 e. The molecule has 0 atom stereocenters. The average molecular weight is 368 g/mol. The van der Waals surface area contributed by atoms with Gasteiger partial charge in [-0.3, -0.25) is 4.79 Å². The first-order valence-electron chi connectivity index (χ1n) is 9.48. The van der Waals surface area contributed by atoms with Crippen molar-refractivity contribution in [2.24, 2.45) is 5.92 Å². The molecule has 1 saturated heterocycles. The van der Waals surface area contributed by atoms with Crippen molar-refractivity contribution in [1.82, 2.24) is 4.90 Å². The third kappa shape index (κ3) is 4.94. The van der Waals surface area contributed by atoms with Crippen molar-refractivity contribution in [3.05, 3.63) is 54.1 Å². The molecule has 3 rings (SSSR count). The fourth-order valence-electron chi connectivity index (χ4n) is 3.14. The van der Waals surface area contributed by atoms with E-state index in [0.717, 1.165) is 30.3 Å². The molecular formula is C22H28N2O3. The van der Waals surface area contributed by atoms with E-state index in [9.17, 15) is 4.79 Å². The highest BCUT2D eigenvalue weighted by atomic mass is 16.5. The van der Waals surface area contributed by atoms with E-state index in [0.29, 0.717) is 31.2 Å². The summed E-state index contributed by atoms with van der Waals surface area (Å²) in [5.74, 6) is 2.12. The summed E-state index contributed by atoms with van der Waals surface area (Å²) in [6, 6.07) is 15.5. The van der Waals surface area contributed by atoms with Gasteiger partial charge in [-0.1, -0.05) is 26.0 Å². The molecule has 1 heterocycles. The highest BCUT2D eigenvalue weighted by molar-refractivity contribution is 5.94. The first-order valence-corrected chi connectivity index (χ1v) is 9.48. The van der Waals surface area contributed by atoms with Crippen LogP contribution in [0.2, 0.25) is 0 Å². The Kier molecular flexibility index (Phi) is 6.22. The van der Waals surface area contributed by atoms with Crippen molar-refractivity contribution in [1.29, 1.82) is 0 Å². The number of benzene rings is 2. The number of nitrogens with zero attached hydrogens (tertiary/aromatic N) is 2. The number of methoxy groups -OCH3 is 1. The minimum atomic E-state index is 0.0651. The molecule has 1 amide bonds. The molecule has 2 aromatic carbocycles. The zero-order valence-corrected chi connectivity index (χ0v) is 16.4. The van der Waals surface area contributed by atoms with Crippen LogP contribution in [0, 0.1) is 5.92 Å². The highest BCUT2D eigenvalue weighted by Gasteiger charge is 2.22. The summed E-state index contributed by atoms with van der Waals surface area (Å²) in [5, 5.41) is 0. The summed E-state index contributed by atoms with van der Waals surface area (Å²) in [4.78, 5) is 17.1. The van der Waals surface area contributed by atoms with Crippen LogP contribution in [-0.4, -0.2) is 50.7 Å². The fraction of sp³-hybridized carbons (Fsp3) is 0.409. The van der Waals surface area contributed by atoms with Crippen LogP contribution in [0.3, 0.4) is 0 Å². The van der Waals surface area contributed by atoms with Crippen molar-refractivity contribution in [2.45, 2.75) is 13.8 Å². The lowest BCUT2D eigenvalue weighted by Crippen LogP contribution is -2.48. The molecular weight excluding hydrogens is 340 g/mol. The van der Waals surface area contributed by atoms with Crippen molar-refractivity contribution in [3.63, 3.8) is 0 Å². The number of anilines is 1. The maximum atomic E-state index is 12.9. The molecule has 1 aliphatic rings. The quantitative estimate of drug-likeness (QED) is 0.780. The molecule has 5 heteroatoms. The van der Waals surface area contributed by atoms with Crippen LogP contribution in [0.4, 0.5) is 5.69 Å². The van der Waals surface area contributed by atoms with Gasteiger partial charge in [0.05, 0.1) is 13.7 Å². The summed E-state index contributed by atoms with van der Waals surface area (Å²) < 4.78 is 11.1. The van der Waals surface area contributed by atoms with E-state index in [1.165, 1.54) is 0 Å². The molecule has 5 nitrogen and oxygen atoms in total. The van der Waals surface area contributed by atoms with Gasteiger partial charge >= 0.3 is 0 Å². The fourth-order valence-corrected chi connectivity index (χ4v) is 3.14. The maximum absolute atomic E-state index is 12.9. The predicted molar refractivity (Wildman–Crippen MR) is 108 cm³/mol.